The van der Waals surface area contributed by atoms with E-state index in [0.29, 0.717) is 5.25 Å². The lowest BCUT2D eigenvalue weighted by Gasteiger charge is -2.16. The van der Waals surface area contributed by atoms with Crippen molar-refractivity contribution in [2.24, 2.45) is 0 Å². The molecule has 0 spiro atoms. The van der Waals surface area contributed by atoms with Gasteiger partial charge in [-0.2, -0.15) is 11.8 Å². The Hall–Kier alpha value is -1.20. The predicted molar refractivity (Wildman–Crippen MR) is 87.5 cm³/mol. The van der Waals surface area contributed by atoms with Gasteiger partial charge in [0.15, 0.2) is 0 Å². The van der Waals surface area contributed by atoms with Gasteiger partial charge in [0.05, 0.1) is 6.10 Å². The van der Waals surface area contributed by atoms with Gasteiger partial charge >= 0.3 is 6.03 Å². The van der Waals surface area contributed by atoms with Crippen LogP contribution in [0, 0.1) is 0 Å². The first-order valence-corrected chi connectivity index (χ1v) is 8.63. The highest BCUT2D eigenvalue weighted by Crippen LogP contribution is 2.29. The molecule has 0 bridgehead atoms. The number of urea groups is 1. The molecule has 21 heavy (non-hydrogen) atoms. The van der Waals surface area contributed by atoms with Crippen LogP contribution in [0.15, 0.2) is 30.3 Å². The van der Waals surface area contributed by atoms with E-state index in [1.807, 2.05) is 42.1 Å². The van der Waals surface area contributed by atoms with E-state index in [-0.39, 0.29) is 18.6 Å². The van der Waals surface area contributed by atoms with Crippen molar-refractivity contribution in [3.05, 3.63) is 35.9 Å². The van der Waals surface area contributed by atoms with Gasteiger partial charge in [0, 0.05) is 17.8 Å². The molecule has 1 aliphatic carbocycles. The Bertz CT molecular complexity index is 441. The van der Waals surface area contributed by atoms with E-state index in [9.17, 15) is 9.90 Å². The van der Waals surface area contributed by atoms with E-state index in [1.165, 1.54) is 6.42 Å². The second-order valence-electron chi connectivity index (χ2n) is 5.37. The number of benzene rings is 1. The van der Waals surface area contributed by atoms with Crippen molar-refractivity contribution in [2.45, 2.75) is 43.6 Å². The predicted octanol–water partition coefficient (Wildman–Crippen LogP) is 2.69. The van der Waals surface area contributed by atoms with Gasteiger partial charge in [-0.25, -0.2) is 4.79 Å². The lowest BCUT2D eigenvalue weighted by atomic mass is 10.1. The summed E-state index contributed by atoms with van der Waals surface area (Å²) in [6.07, 6.45) is 2.61. The van der Waals surface area contributed by atoms with Gasteiger partial charge in [0.25, 0.3) is 0 Å². The zero-order valence-corrected chi connectivity index (χ0v) is 13.2. The Kier molecular flexibility index (Phi) is 6.39. The summed E-state index contributed by atoms with van der Waals surface area (Å²) in [5.74, 6) is 1.13. The lowest BCUT2D eigenvalue weighted by Crippen LogP contribution is -2.42. The van der Waals surface area contributed by atoms with Crippen LogP contribution in [0.1, 0.15) is 37.9 Å². The quantitative estimate of drug-likeness (QED) is 0.757. The standard InChI is InChI=1S/C16H24N2O2S/c1-2-21-14-9-8-13(10-14)18-16(20)17-11-15(19)12-6-4-3-5-7-12/h3-7,13-15,19H,2,8-11H2,1H3,(H2,17,18,20). The fraction of sp³-hybridized carbons (Fsp3) is 0.562. The maximum absolute atomic E-state index is 11.9. The Balaban J connectivity index is 1.68. The summed E-state index contributed by atoms with van der Waals surface area (Å²) in [7, 11) is 0. The molecule has 1 saturated carbocycles. The third-order valence-electron chi connectivity index (χ3n) is 3.76. The zero-order valence-electron chi connectivity index (χ0n) is 12.4. The van der Waals surface area contributed by atoms with Crippen LogP contribution in [0.5, 0.6) is 0 Å². The normalized spacial score (nSPS) is 22.8. The van der Waals surface area contributed by atoms with E-state index >= 15 is 0 Å². The van der Waals surface area contributed by atoms with Crippen LogP contribution in [0.2, 0.25) is 0 Å². The third kappa shape index (κ3) is 5.25. The monoisotopic (exact) mass is 308 g/mol. The second-order valence-corrected chi connectivity index (χ2v) is 6.95. The molecule has 3 atom stereocenters. The van der Waals surface area contributed by atoms with Gasteiger partial charge in [0.2, 0.25) is 0 Å². The van der Waals surface area contributed by atoms with Crippen LogP contribution in [-0.2, 0) is 0 Å². The smallest absolute Gasteiger partial charge is 0.315 e. The summed E-state index contributed by atoms with van der Waals surface area (Å²) in [6.45, 7) is 2.40. The van der Waals surface area contributed by atoms with Crippen molar-refractivity contribution in [2.75, 3.05) is 12.3 Å². The maximum atomic E-state index is 11.9. The molecule has 4 nitrogen and oxygen atoms in total. The zero-order chi connectivity index (χ0) is 15.1. The van der Waals surface area contributed by atoms with Crippen LogP contribution >= 0.6 is 11.8 Å². The van der Waals surface area contributed by atoms with Gasteiger partial charge < -0.3 is 15.7 Å². The molecule has 3 N–H and O–H groups in total. The molecule has 1 aromatic carbocycles. The van der Waals surface area contributed by atoms with Crippen LogP contribution in [0.4, 0.5) is 4.79 Å². The second kappa shape index (κ2) is 8.29. The molecular formula is C16H24N2O2S. The number of aliphatic hydroxyl groups excluding tert-OH is 1. The average Bonchev–Trinajstić information content (AvgIpc) is 2.93. The Morgan fingerprint density at radius 3 is 2.86 bits per heavy atom. The molecule has 0 radical (unpaired) electrons. The third-order valence-corrected chi connectivity index (χ3v) is 5.00. The van der Waals surface area contributed by atoms with E-state index < -0.39 is 6.10 Å². The topological polar surface area (TPSA) is 61.4 Å². The molecule has 0 saturated heterocycles. The van der Waals surface area contributed by atoms with Gasteiger partial charge in [-0.05, 0) is 30.6 Å². The molecule has 1 fully saturated rings. The lowest BCUT2D eigenvalue weighted by molar-refractivity contribution is 0.172. The first kappa shape index (κ1) is 16.2. The molecule has 1 aromatic rings. The molecule has 116 valence electrons. The summed E-state index contributed by atoms with van der Waals surface area (Å²) < 4.78 is 0. The summed E-state index contributed by atoms with van der Waals surface area (Å²) in [4.78, 5) is 11.9. The van der Waals surface area contributed by atoms with Crippen LogP contribution in [-0.4, -0.2) is 34.7 Å². The van der Waals surface area contributed by atoms with Crippen molar-refractivity contribution in [1.29, 1.82) is 0 Å². The molecule has 2 amide bonds. The number of amides is 2. The van der Waals surface area contributed by atoms with Gasteiger partial charge in [-0.1, -0.05) is 37.3 Å². The molecule has 3 unspecified atom stereocenters. The largest absolute Gasteiger partial charge is 0.387 e. The summed E-state index contributed by atoms with van der Waals surface area (Å²) in [5, 5.41) is 16.4. The number of carbonyl (C=O) groups is 1. The van der Waals surface area contributed by atoms with Crippen molar-refractivity contribution in [3.8, 4) is 0 Å². The Morgan fingerprint density at radius 2 is 2.14 bits per heavy atom. The first-order valence-electron chi connectivity index (χ1n) is 7.58. The fourth-order valence-corrected chi connectivity index (χ4v) is 3.82. The number of aliphatic hydroxyl groups is 1. The minimum Gasteiger partial charge on any atom is -0.387 e. The minimum absolute atomic E-state index is 0.183. The van der Waals surface area contributed by atoms with Crippen molar-refractivity contribution < 1.29 is 9.90 Å². The van der Waals surface area contributed by atoms with E-state index in [4.69, 9.17) is 0 Å². The van der Waals surface area contributed by atoms with Gasteiger partial charge in [0.1, 0.15) is 0 Å². The number of thioether (sulfide) groups is 1. The van der Waals surface area contributed by atoms with Gasteiger partial charge in [-0.3, -0.25) is 0 Å². The van der Waals surface area contributed by atoms with E-state index in [2.05, 4.69) is 17.6 Å². The number of nitrogens with one attached hydrogen (secondary N) is 2. The molecule has 0 aromatic heterocycles. The van der Waals surface area contributed by atoms with Crippen LogP contribution in [0.25, 0.3) is 0 Å². The Labute approximate surface area is 130 Å². The molecule has 5 heteroatoms. The molecular weight excluding hydrogens is 284 g/mol. The summed E-state index contributed by atoms with van der Waals surface area (Å²) in [6, 6.07) is 9.45. The Morgan fingerprint density at radius 1 is 1.38 bits per heavy atom. The molecule has 2 rings (SSSR count). The highest BCUT2D eigenvalue weighted by atomic mass is 32.2. The summed E-state index contributed by atoms with van der Waals surface area (Å²) in [5.41, 5.74) is 0.818. The van der Waals surface area contributed by atoms with Crippen LogP contribution in [0.3, 0.4) is 0 Å². The molecule has 0 heterocycles. The number of carbonyl (C=O) groups excluding carboxylic acids is 1. The number of rotatable bonds is 6. The maximum Gasteiger partial charge on any atom is 0.315 e. The van der Waals surface area contributed by atoms with Crippen LogP contribution < -0.4 is 10.6 Å². The van der Waals surface area contributed by atoms with Gasteiger partial charge in [-0.15, -0.1) is 0 Å². The highest BCUT2D eigenvalue weighted by Gasteiger charge is 2.25. The molecule has 0 aliphatic heterocycles. The van der Waals surface area contributed by atoms with Crippen molar-refractivity contribution in [1.82, 2.24) is 10.6 Å². The number of hydrogen-bond donors (Lipinski definition) is 3. The van der Waals surface area contributed by atoms with Crippen molar-refractivity contribution >= 4 is 17.8 Å². The minimum atomic E-state index is -0.663. The average molecular weight is 308 g/mol. The molecule has 1 aliphatic rings. The first-order chi connectivity index (χ1) is 10.2. The SMILES string of the molecule is CCSC1CCC(NC(=O)NCC(O)c2ccccc2)C1. The fourth-order valence-electron chi connectivity index (χ4n) is 2.68. The van der Waals surface area contributed by atoms with E-state index in [0.717, 1.165) is 24.2 Å². The van der Waals surface area contributed by atoms with E-state index in [1.54, 1.807) is 0 Å². The number of hydrogen-bond acceptors (Lipinski definition) is 3. The van der Waals surface area contributed by atoms with Crippen molar-refractivity contribution in [3.63, 3.8) is 0 Å². The summed E-state index contributed by atoms with van der Waals surface area (Å²) >= 11 is 1.97. The highest BCUT2D eigenvalue weighted by molar-refractivity contribution is 7.99.